The molecule has 1 atom stereocenters. The summed E-state index contributed by atoms with van der Waals surface area (Å²) in [6.07, 6.45) is 4.12. The Morgan fingerprint density at radius 2 is 2.04 bits per heavy atom. The summed E-state index contributed by atoms with van der Waals surface area (Å²) in [6.45, 7) is 1.20. The average molecular weight is 398 g/mol. The molecule has 0 spiro atoms. The highest BCUT2D eigenvalue weighted by atomic mass is 79.9. The molecule has 1 aromatic carbocycles. The van der Waals surface area contributed by atoms with Crippen molar-refractivity contribution in [1.29, 1.82) is 0 Å². The van der Waals surface area contributed by atoms with Gasteiger partial charge in [0.15, 0.2) is 0 Å². The van der Waals surface area contributed by atoms with E-state index in [1.807, 2.05) is 42.5 Å². The summed E-state index contributed by atoms with van der Waals surface area (Å²) < 4.78 is 6.80. The average Bonchev–Trinajstić information content (AvgIpc) is 3.11. The Balaban J connectivity index is 1.49. The molecule has 1 unspecified atom stereocenters. The van der Waals surface area contributed by atoms with Gasteiger partial charge in [-0.15, -0.1) is 0 Å². The molecule has 25 heavy (non-hydrogen) atoms. The maximum absolute atomic E-state index is 12.9. The SMILES string of the molecule is O=C(c1nccc2ccccc12)N1CCC(Oc2ccc(Br)cn2)C1. The number of hydrogen-bond acceptors (Lipinski definition) is 4. The maximum atomic E-state index is 12.9. The highest BCUT2D eigenvalue weighted by Gasteiger charge is 2.29. The Morgan fingerprint density at radius 1 is 1.16 bits per heavy atom. The largest absolute Gasteiger partial charge is 0.472 e. The molecule has 0 saturated carbocycles. The second-order valence-electron chi connectivity index (χ2n) is 5.98. The first-order valence-electron chi connectivity index (χ1n) is 8.12. The molecule has 0 aliphatic carbocycles. The number of pyridine rings is 2. The number of ether oxygens (including phenoxy) is 1. The van der Waals surface area contributed by atoms with Gasteiger partial charge in [-0.1, -0.05) is 24.3 Å². The lowest BCUT2D eigenvalue weighted by Gasteiger charge is -2.17. The molecule has 3 heterocycles. The van der Waals surface area contributed by atoms with Crippen LogP contribution in [0.2, 0.25) is 0 Å². The molecule has 2 aromatic heterocycles. The molecular formula is C19H16BrN3O2. The van der Waals surface area contributed by atoms with E-state index in [1.54, 1.807) is 17.3 Å². The van der Waals surface area contributed by atoms with Crippen LogP contribution in [-0.4, -0.2) is 40.0 Å². The fraction of sp³-hybridized carbons (Fsp3) is 0.211. The van der Waals surface area contributed by atoms with Crippen LogP contribution in [0.1, 0.15) is 16.9 Å². The summed E-state index contributed by atoms with van der Waals surface area (Å²) in [7, 11) is 0. The molecular weight excluding hydrogens is 382 g/mol. The van der Waals surface area contributed by atoms with Crippen LogP contribution >= 0.6 is 15.9 Å². The first-order valence-corrected chi connectivity index (χ1v) is 8.91. The van der Waals surface area contributed by atoms with Crippen LogP contribution < -0.4 is 4.74 Å². The van der Waals surface area contributed by atoms with Gasteiger partial charge in [0, 0.05) is 41.3 Å². The highest BCUT2D eigenvalue weighted by molar-refractivity contribution is 9.10. The number of carbonyl (C=O) groups excluding carboxylic acids is 1. The first kappa shape index (κ1) is 16.0. The van der Waals surface area contributed by atoms with E-state index in [4.69, 9.17) is 4.74 Å². The second kappa shape index (κ2) is 6.80. The van der Waals surface area contributed by atoms with Gasteiger partial charge in [-0.3, -0.25) is 9.78 Å². The van der Waals surface area contributed by atoms with Gasteiger partial charge in [0.2, 0.25) is 5.88 Å². The Bertz CT molecular complexity index is 909. The van der Waals surface area contributed by atoms with Gasteiger partial charge >= 0.3 is 0 Å². The Kier molecular flexibility index (Phi) is 4.36. The van der Waals surface area contributed by atoms with Gasteiger partial charge < -0.3 is 9.64 Å². The van der Waals surface area contributed by atoms with Crippen molar-refractivity contribution in [1.82, 2.24) is 14.9 Å². The number of halogens is 1. The molecule has 1 fully saturated rings. The van der Waals surface area contributed by atoms with E-state index in [1.165, 1.54) is 0 Å². The van der Waals surface area contributed by atoms with E-state index >= 15 is 0 Å². The smallest absolute Gasteiger partial charge is 0.273 e. The van der Waals surface area contributed by atoms with Crippen molar-refractivity contribution < 1.29 is 9.53 Å². The molecule has 6 heteroatoms. The summed E-state index contributed by atoms with van der Waals surface area (Å²) in [5.41, 5.74) is 0.500. The van der Waals surface area contributed by atoms with E-state index in [0.717, 1.165) is 21.7 Å². The van der Waals surface area contributed by atoms with Crippen LogP contribution in [0.3, 0.4) is 0 Å². The van der Waals surface area contributed by atoms with Crippen LogP contribution in [0, 0.1) is 0 Å². The second-order valence-corrected chi connectivity index (χ2v) is 6.89. The lowest BCUT2D eigenvalue weighted by Crippen LogP contribution is -2.31. The summed E-state index contributed by atoms with van der Waals surface area (Å²) >= 11 is 3.35. The monoisotopic (exact) mass is 397 g/mol. The number of fused-ring (bicyclic) bond motifs is 1. The Labute approximate surface area is 153 Å². The maximum Gasteiger partial charge on any atom is 0.273 e. The van der Waals surface area contributed by atoms with Gasteiger partial charge in [0.05, 0.1) is 6.54 Å². The van der Waals surface area contributed by atoms with Crippen molar-refractivity contribution in [2.45, 2.75) is 12.5 Å². The quantitative estimate of drug-likeness (QED) is 0.676. The number of carbonyl (C=O) groups is 1. The number of rotatable bonds is 3. The standard InChI is InChI=1S/C19H16BrN3O2/c20-14-5-6-17(22-11-14)25-15-8-10-23(12-15)19(24)18-16-4-2-1-3-13(16)7-9-21-18/h1-7,9,11,15H,8,10,12H2. The van der Waals surface area contributed by atoms with Gasteiger partial charge in [-0.25, -0.2) is 4.98 Å². The number of aromatic nitrogens is 2. The zero-order chi connectivity index (χ0) is 17.2. The minimum absolute atomic E-state index is 0.0485. The van der Waals surface area contributed by atoms with Crippen molar-refractivity contribution in [3.8, 4) is 5.88 Å². The van der Waals surface area contributed by atoms with Crippen LogP contribution in [-0.2, 0) is 0 Å². The number of benzene rings is 1. The van der Waals surface area contributed by atoms with Gasteiger partial charge in [-0.05, 0) is 33.4 Å². The third-order valence-electron chi connectivity index (χ3n) is 4.30. The summed E-state index contributed by atoms with van der Waals surface area (Å²) in [4.78, 5) is 23.2. The molecule has 0 bridgehead atoms. The molecule has 1 aliphatic heterocycles. The molecule has 0 N–H and O–H groups in total. The minimum Gasteiger partial charge on any atom is -0.472 e. The number of amides is 1. The molecule has 1 saturated heterocycles. The summed E-state index contributed by atoms with van der Waals surface area (Å²) in [5, 5.41) is 1.90. The normalized spacial score (nSPS) is 17.0. The third kappa shape index (κ3) is 3.35. The van der Waals surface area contributed by atoms with E-state index in [0.29, 0.717) is 24.7 Å². The zero-order valence-corrected chi connectivity index (χ0v) is 15.0. The van der Waals surface area contributed by atoms with Crippen LogP contribution in [0.4, 0.5) is 0 Å². The molecule has 1 amide bonds. The molecule has 126 valence electrons. The first-order chi connectivity index (χ1) is 12.2. The minimum atomic E-state index is -0.0494. The predicted molar refractivity (Wildman–Crippen MR) is 98.6 cm³/mol. The van der Waals surface area contributed by atoms with E-state index < -0.39 is 0 Å². The van der Waals surface area contributed by atoms with Crippen LogP contribution in [0.25, 0.3) is 10.8 Å². The molecule has 3 aromatic rings. The Hall–Kier alpha value is -2.47. The van der Waals surface area contributed by atoms with Crippen LogP contribution in [0.5, 0.6) is 5.88 Å². The van der Waals surface area contributed by atoms with E-state index in [9.17, 15) is 4.79 Å². The predicted octanol–water partition coefficient (Wildman–Crippen LogP) is 3.69. The lowest BCUT2D eigenvalue weighted by atomic mass is 10.1. The van der Waals surface area contributed by atoms with Gasteiger partial charge in [0.25, 0.3) is 5.91 Å². The van der Waals surface area contributed by atoms with Crippen molar-refractivity contribution in [3.63, 3.8) is 0 Å². The number of hydrogen-bond donors (Lipinski definition) is 0. The van der Waals surface area contributed by atoms with Crippen molar-refractivity contribution in [2.24, 2.45) is 0 Å². The summed E-state index contributed by atoms with van der Waals surface area (Å²) in [5.74, 6) is 0.525. The van der Waals surface area contributed by atoms with Crippen LogP contribution in [0.15, 0.2) is 59.3 Å². The molecule has 0 radical (unpaired) electrons. The number of likely N-dealkylation sites (tertiary alicyclic amines) is 1. The van der Waals surface area contributed by atoms with Crippen molar-refractivity contribution >= 4 is 32.6 Å². The topological polar surface area (TPSA) is 55.3 Å². The number of nitrogens with zero attached hydrogens (tertiary/aromatic N) is 3. The summed E-state index contributed by atoms with van der Waals surface area (Å²) in [6, 6.07) is 13.4. The molecule has 1 aliphatic rings. The fourth-order valence-electron chi connectivity index (χ4n) is 3.05. The molecule has 4 rings (SSSR count). The van der Waals surface area contributed by atoms with Crippen molar-refractivity contribution in [2.75, 3.05) is 13.1 Å². The fourth-order valence-corrected chi connectivity index (χ4v) is 3.29. The molecule has 5 nitrogen and oxygen atoms in total. The third-order valence-corrected chi connectivity index (χ3v) is 4.77. The van der Waals surface area contributed by atoms with E-state index in [2.05, 4.69) is 25.9 Å². The lowest BCUT2D eigenvalue weighted by molar-refractivity contribution is 0.0767. The Morgan fingerprint density at radius 3 is 2.88 bits per heavy atom. The van der Waals surface area contributed by atoms with Gasteiger partial charge in [0.1, 0.15) is 11.8 Å². The van der Waals surface area contributed by atoms with E-state index in [-0.39, 0.29) is 12.0 Å². The van der Waals surface area contributed by atoms with Gasteiger partial charge in [-0.2, -0.15) is 0 Å². The zero-order valence-electron chi connectivity index (χ0n) is 13.4. The highest BCUT2D eigenvalue weighted by Crippen LogP contribution is 2.22. The van der Waals surface area contributed by atoms with Crippen molar-refractivity contribution in [3.05, 3.63) is 65.0 Å².